The Kier molecular flexibility index (Phi) is 5.74. The molecule has 4 heteroatoms. The second-order valence-corrected chi connectivity index (χ2v) is 5.34. The number of hydrogen-bond acceptors (Lipinski definition) is 4. The molecular formula is C16H22O4. The number of Topliss-reactive ketones (excluding diaryl/α,β-unsaturated/α-hetero) is 1. The molecule has 0 N–H and O–H groups in total. The molecule has 0 saturated heterocycles. The summed E-state index contributed by atoms with van der Waals surface area (Å²) in [7, 11) is 3.18. The molecule has 0 aliphatic rings. The van der Waals surface area contributed by atoms with E-state index in [-0.39, 0.29) is 12.2 Å². The van der Waals surface area contributed by atoms with Gasteiger partial charge in [0.2, 0.25) is 0 Å². The molecule has 0 aliphatic heterocycles. The smallest absolute Gasteiger partial charge is 0.160 e. The van der Waals surface area contributed by atoms with Gasteiger partial charge >= 0.3 is 0 Å². The Labute approximate surface area is 120 Å². The molecule has 0 aliphatic carbocycles. The van der Waals surface area contributed by atoms with Crippen LogP contribution in [0.25, 0.3) is 0 Å². The third-order valence-corrected chi connectivity index (χ3v) is 3.37. The number of ether oxygens (including phenoxy) is 2. The van der Waals surface area contributed by atoms with E-state index in [2.05, 4.69) is 0 Å². The second kappa shape index (κ2) is 7.08. The lowest BCUT2D eigenvalue weighted by Crippen LogP contribution is -2.22. The fourth-order valence-corrected chi connectivity index (χ4v) is 2.22. The molecule has 0 spiro atoms. The van der Waals surface area contributed by atoms with Crippen molar-refractivity contribution in [2.75, 3.05) is 14.2 Å². The molecule has 1 rings (SSSR count). The number of hydrogen-bond donors (Lipinski definition) is 0. The first-order chi connectivity index (χ1) is 9.44. The van der Waals surface area contributed by atoms with Crippen molar-refractivity contribution < 1.29 is 19.1 Å². The predicted octanol–water partition coefficient (Wildman–Crippen LogP) is 2.82. The van der Waals surface area contributed by atoms with Gasteiger partial charge in [0.25, 0.3) is 0 Å². The van der Waals surface area contributed by atoms with Crippen molar-refractivity contribution in [2.24, 2.45) is 5.41 Å². The zero-order valence-electron chi connectivity index (χ0n) is 12.6. The van der Waals surface area contributed by atoms with Crippen LogP contribution in [0.2, 0.25) is 0 Å². The molecule has 1 unspecified atom stereocenters. The van der Waals surface area contributed by atoms with Gasteiger partial charge in [0.1, 0.15) is 12.1 Å². The fourth-order valence-electron chi connectivity index (χ4n) is 2.22. The van der Waals surface area contributed by atoms with E-state index in [4.69, 9.17) is 9.47 Å². The van der Waals surface area contributed by atoms with E-state index in [1.807, 2.05) is 25.1 Å². The molecule has 1 aromatic carbocycles. The van der Waals surface area contributed by atoms with Crippen molar-refractivity contribution in [1.29, 1.82) is 0 Å². The molecule has 20 heavy (non-hydrogen) atoms. The Hall–Kier alpha value is -1.84. The average Bonchev–Trinajstić information content (AvgIpc) is 2.44. The minimum Gasteiger partial charge on any atom is -0.493 e. The molecule has 1 atom stereocenters. The van der Waals surface area contributed by atoms with Crippen LogP contribution in [0.4, 0.5) is 0 Å². The maximum absolute atomic E-state index is 11.2. The van der Waals surface area contributed by atoms with E-state index < -0.39 is 5.41 Å². The molecule has 110 valence electrons. The Morgan fingerprint density at radius 3 is 2.40 bits per heavy atom. The topological polar surface area (TPSA) is 52.6 Å². The molecule has 0 bridgehead atoms. The molecule has 0 radical (unpaired) electrons. The summed E-state index contributed by atoms with van der Waals surface area (Å²) >= 11 is 0. The van der Waals surface area contributed by atoms with Gasteiger partial charge in [0.15, 0.2) is 11.5 Å². The summed E-state index contributed by atoms with van der Waals surface area (Å²) in [6.45, 7) is 3.33. The van der Waals surface area contributed by atoms with Gasteiger partial charge in [-0.2, -0.15) is 0 Å². The largest absolute Gasteiger partial charge is 0.493 e. The van der Waals surface area contributed by atoms with Crippen LogP contribution in [-0.2, 0) is 16.0 Å². The highest BCUT2D eigenvalue weighted by Gasteiger charge is 2.25. The van der Waals surface area contributed by atoms with Gasteiger partial charge in [0.05, 0.1) is 14.2 Å². The molecule has 0 saturated carbocycles. The summed E-state index contributed by atoms with van der Waals surface area (Å²) in [6.07, 6.45) is 2.51. The van der Waals surface area contributed by atoms with Crippen molar-refractivity contribution in [3.63, 3.8) is 0 Å². The molecular weight excluding hydrogens is 256 g/mol. The van der Waals surface area contributed by atoms with Crippen LogP contribution < -0.4 is 9.47 Å². The normalized spacial score (nSPS) is 13.4. The summed E-state index contributed by atoms with van der Waals surface area (Å²) in [6, 6.07) is 5.69. The highest BCUT2D eigenvalue weighted by molar-refractivity contribution is 5.80. The molecule has 0 heterocycles. The maximum Gasteiger partial charge on any atom is 0.160 e. The number of carbonyl (C=O) groups is 2. The van der Waals surface area contributed by atoms with Crippen LogP contribution in [0.15, 0.2) is 18.2 Å². The predicted molar refractivity (Wildman–Crippen MR) is 77.3 cm³/mol. The van der Waals surface area contributed by atoms with Gasteiger partial charge in [-0.3, -0.25) is 4.79 Å². The first-order valence-electron chi connectivity index (χ1n) is 6.61. The van der Waals surface area contributed by atoms with Crippen LogP contribution >= 0.6 is 0 Å². The SMILES string of the molecule is COc1ccc(CCC(C)(C=O)CC(C)=O)cc1OC. The number of methoxy groups -OCH3 is 2. The highest BCUT2D eigenvalue weighted by Crippen LogP contribution is 2.30. The van der Waals surface area contributed by atoms with Crippen molar-refractivity contribution in [3.05, 3.63) is 23.8 Å². The van der Waals surface area contributed by atoms with Crippen LogP contribution in [0, 0.1) is 5.41 Å². The first kappa shape index (κ1) is 16.2. The number of ketones is 1. The first-order valence-corrected chi connectivity index (χ1v) is 6.61. The standard InChI is InChI=1S/C16H22O4/c1-12(18)10-16(2,11-17)8-7-13-5-6-14(19-3)15(9-13)20-4/h5-6,9,11H,7-8,10H2,1-4H3. The Balaban J connectivity index is 2.78. The lowest BCUT2D eigenvalue weighted by Gasteiger charge is -2.21. The van der Waals surface area contributed by atoms with E-state index in [1.54, 1.807) is 14.2 Å². The quantitative estimate of drug-likeness (QED) is 0.686. The van der Waals surface area contributed by atoms with Crippen molar-refractivity contribution in [3.8, 4) is 11.5 Å². The van der Waals surface area contributed by atoms with Gasteiger partial charge in [-0.05, 0) is 37.5 Å². The van der Waals surface area contributed by atoms with E-state index in [1.165, 1.54) is 6.92 Å². The van der Waals surface area contributed by atoms with Gasteiger partial charge in [-0.15, -0.1) is 0 Å². The summed E-state index contributed by atoms with van der Waals surface area (Å²) < 4.78 is 10.4. The minimum absolute atomic E-state index is 0.0342. The van der Waals surface area contributed by atoms with Crippen molar-refractivity contribution in [2.45, 2.75) is 33.1 Å². The van der Waals surface area contributed by atoms with Crippen LogP contribution in [0.5, 0.6) is 11.5 Å². The minimum atomic E-state index is -0.598. The van der Waals surface area contributed by atoms with Gasteiger partial charge < -0.3 is 14.3 Å². The van der Waals surface area contributed by atoms with Crippen LogP contribution in [0.3, 0.4) is 0 Å². The Morgan fingerprint density at radius 2 is 1.90 bits per heavy atom. The van der Waals surface area contributed by atoms with E-state index in [9.17, 15) is 9.59 Å². The summed E-state index contributed by atoms with van der Waals surface area (Å²) in [5.74, 6) is 1.38. The summed E-state index contributed by atoms with van der Waals surface area (Å²) in [4.78, 5) is 22.4. The lowest BCUT2D eigenvalue weighted by atomic mass is 9.81. The zero-order valence-corrected chi connectivity index (χ0v) is 12.6. The fraction of sp³-hybridized carbons (Fsp3) is 0.500. The van der Waals surface area contributed by atoms with E-state index >= 15 is 0 Å². The molecule has 0 fully saturated rings. The lowest BCUT2D eigenvalue weighted by molar-refractivity contribution is -0.125. The second-order valence-electron chi connectivity index (χ2n) is 5.34. The van der Waals surface area contributed by atoms with E-state index in [0.29, 0.717) is 24.3 Å². The monoisotopic (exact) mass is 278 g/mol. The van der Waals surface area contributed by atoms with Crippen LogP contribution in [-0.4, -0.2) is 26.3 Å². The number of rotatable bonds is 8. The molecule has 4 nitrogen and oxygen atoms in total. The number of carbonyl (C=O) groups excluding carboxylic acids is 2. The van der Waals surface area contributed by atoms with Gasteiger partial charge in [-0.25, -0.2) is 0 Å². The number of aldehydes is 1. The highest BCUT2D eigenvalue weighted by atomic mass is 16.5. The van der Waals surface area contributed by atoms with Crippen molar-refractivity contribution >= 4 is 12.1 Å². The van der Waals surface area contributed by atoms with Crippen molar-refractivity contribution in [1.82, 2.24) is 0 Å². The number of benzene rings is 1. The third kappa shape index (κ3) is 4.37. The van der Waals surface area contributed by atoms with Gasteiger partial charge in [-0.1, -0.05) is 13.0 Å². The van der Waals surface area contributed by atoms with Gasteiger partial charge in [0, 0.05) is 11.8 Å². The average molecular weight is 278 g/mol. The molecule has 1 aromatic rings. The maximum atomic E-state index is 11.2. The number of aryl methyl sites for hydroxylation is 1. The van der Waals surface area contributed by atoms with Crippen LogP contribution in [0.1, 0.15) is 32.3 Å². The molecule has 0 amide bonds. The molecule has 0 aromatic heterocycles. The third-order valence-electron chi connectivity index (χ3n) is 3.37. The zero-order chi connectivity index (χ0) is 15.2. The Bertz CT molecular complexity index is 481. The Morgan fingerprint density at radius 1 is 1.25 bits per heavy atom. The summed E-state index contributed by atoms with van der Waals surface area (Å²) in [5, 5.41) is 0. The summed E-state index contributed by atoms with van der Waals surface area (Å²) in [5.41, 5.74) is 0.457. The van der Waals surface area contributed by atoms with E-state index in [0.717, 1.165) is 11.8 Å².